The van der Waals surface area contributed by atoms with Gasteiger partial charge in [-0.25, -0.2) is 5.43 Å². The van der Waals surface area contributed by atoms with Crippen molar-refractivity contribution in [2.45, 2.75) is 6.42 Å². The van der Waals surface area contributed by atoms with Gasteiger partial charge in [0, 0.05) is 5.56 Å². The molecule has 0 bridgehead atoms. The van der Waals surface area contributed by atoms with Gasteiger partial charge in [-0.05, 0) is 42.0 Å². The first kappa shape index (κ1) is 16.2. The molecule has 0 saturated heterocycles. The molecule has 1 amide bonds. The lowest BCUT2D eigenvalue weighted by Gasteiger charge is -1.99. The Morgan fingerprint density at radius 3 is 2.56 bits per heavy atom. The minimum Gasteiger partial charge on any atom is -0.455 e. The van der Waals surface area contributed by atoms with Gasteiger partial charge in [0.25, 0.3) is 0 Å². The predicted molar refractivity (Wildman–Crippen MR) is 94.7 cm³/mol. The molecule has 2 aromatic carbocycles. The summed E-state index contributed by atoms with van der Waals surface area (Å²) in [5, 5.41) is 12.7. The van der Waals surface area contributed by atoms with Crippen LogP contribution in [0.4, 0.5) is 0 Å². The second-order valence-corrected chi connectivity index (χ2v) is 5.35. The molecular weight excluding hydrogens is 314 g/mol. The highest BCUT2D eigenvalue weighted by Gasteiger charge is 2.04. The number of rotatable bonds is 5. The summed E-state index contributed by atoms with van der Waals surface area (Å²) in [6, 6.07) is 22.2. The molecule has 1 N–H and O–H groups in total. The largest absolute Gasteiger partial charge is 0.455 e. The van der Waals surface area contributed by atoms with Crippen LogP contribution in [0.1, 0.15) is 16.9 Å². The zero-order valence-corrected chi connectivity index (χ0v) is 13.3. The standard InChI is InChI=1S/C20H15N3O2/c21-13-16-6-8-17(9-7-16)19-11-10-18(25-19)14-22-23-20(24)12-15-4-2-1-3-5-15/h1-11,14H,12H2,(H,23,24)/b22-14-. The molecule has 0 fully saturated rings. The second kappa shape index (κ2) is 7.75. The molecule has 0 saturated carbocycles. The number of furan rings is 1. The zero-order chi connectivity index (χ0) is 17.5. The lowest BCUT2D eigenvalue weighted by molar-refractivity contribution is -0.120. The first-order chi connectivity index (χ1) is 12.2. The maximum absolute atomic E-state index is 11.8. The smallest absolute Gasteiger partial charge is 0.244 e. The Balaban J connectivity index is 1.58. The summed E-state index contributed by atoms with van der Waals surface area (Å²) in [5.41, 5.74) is 4.87. The van der Waals surface area contributed by atoms with Crippen LogP contribution < -0.4 is 5.43 Å². The van der Waals surface area contributed by atoms with Crippen LogP contribution in [0.5, 0.6) is 0 Å². The van der Waals surface area contributed by atoms with Gasteiger partial charge in [0.1, 0.15) is 11.5 Å². The fraction of sp³-hybridized carbons (Fsp3) is 0.0500. The van der Waals surface area contributed by atoms with Crippen molar-refractivity contribution >= 4 is 12.1 Å². The van der Waals surface area contributed by atoms with Gasteiger partial charge < -0.3 is 4.42 Å². The fourth-order valence-electron chi connectivity index (χ4n) is 2.28. The summed E-state index contributed by atoms with van der Waals surface area (Å²) in [5.74, 6) is 1.00. The van der Waals surface area contributed by atoms with Crippen LogP contribution in [0.2, 0.25) is 0 Å². The quantitative estimate of drug-likeness (QED) is 0.574. The lowest BCUT2D eigenvalue weighted by Crippen LogP contribution is -2.19. The van der Waals surface area contributed by atoms with Gasteiger partial charge in [-0.15, -0.1) is 0 Å². The first-order valence-electron chi connectivity index (χ1n) is 7.71. The van der Waals surface area contributed by atoms with Crippen molar-refractivity contribution in [3.63, 3.8) is 0 Å². The number of amides is 1. The van der Waals surface area contributed by atoms with Crippen molar-refractivity contribution < 1.29 is 9.21 Å². The lowest BCUT2D eigenvalue weighted by atomic mass is 10.1. The summed E-state index contributed by atoms with van der Waals surface area (Å²) >= 11 is 0. The van der Waals surface area contributed by atoms with Crippen LogP contribution in [0, 0.1) is 11.3 Å². The maximum Gasteiger partial charge on any atom is 0.244 e. The highest BCUT2D eigenvalue weighted by molar-refractivity contribution is 5.82. The minimum absolute atomic E-state index is 0.193. The SMILES string of the molecule is N#Cc1ccc(-c2ccc(/C=N\NC(=O)Cc3ccccc3)o2)cc1. The van der Waals surface area contributed by atoms with Gasteiger partial charge in [-0.1, -0.05) is 30.3 Å². The van der Waals surface area contributed by atoms with Crippen LogP contribution in [0.3, 0.4) is 0 Å². The Kier molecular flexibility index (Phi) is 5.03. The Labute approximate surface area is 145 Å². The van der Waals surface area contributed by atoms with Crippen molar-refractivity contribution in [3.8, 4) is 17.4 Å². The van der Waals surface area contributed by atoms with E-state index in [1.807, 2.05) is 48.5 Å². The summed E-state index contributed by atoms with van der Waals surface area (Å²) in [4.78, 5) is 11.8. The molecular formula is C20H15N3O2. The number of hydrazone groups is 1. The third-order valence-corrected chi connectivity index (χ3v) is 3.51. The highest BCUT2D eigenvalue weighted by Crippen LogP contribution is 2.21. The average molecular weight is 329 g/mol. The molecule has 1 heterocycles. The second-order valence-electron chi connectivity index (χ2n) is 5.35. The van der Waals surface area contributed by atoms with Gasteiger partial charge in [0.2, 0.25) is 5.91 Å². The van der Waals surface area contributed by atoms with Crippen molar-refractivity contribution in [1.82, 2.24) is 5.43 Å². The van der Waals surface area contributed by atoms with E-state index in [0.717, 1.165) is 11.1 Å². The van der Waals surface area contributed by atoms with Crippen molar-refractivity contribution in [1.29, 1.82) is 5.26 Å². The van der Waals surface area contributed by atoms with Crippen LogP contribution in [-0.2, 0) is 11.2 Å². The van der Waals surface area contributed by atoms with Crippen molar-refractivity contribution in [2.24, 2.45) is 5.10 Å². The van der Waals surface area contributed by atoms with Gasteiger partial charge in [-0.3, -0.25) is 4.79 Å². The third kappa shape index (κ3) is 4.43. The Morgan fingerprint density at radius 1 is 1.08 bits per heavy atom. The Morgan fingerprint density at radius 2 is 1.84 bits per heavy atom. The van der Waals surface area contributed by atoms with E-state index in [1.54, 1.807) is 18.2 Å². The van der Waals surface area contributed by atoms with Crippen LogP contribution in [0.15, 0.2) is 76.2 Å². The van der Waals surface area contributed by atoms with E-state index in [-0.39, 0.29) is 12.3 Å². The van der Waals surface area contributed by atoms with E-state index >= 15 is 0 Å². The zero-order valence-electron chi connectivity index (χ0n) is 13.3. The number of carbonyl (C=O) groups excluding carboxylic acids is 1. The third-order valence-electron chi connectivity index (χ3n) is 3.51. The summed E-state index contributed by atoms with van der Waals surface area (Å²) in [6.45, 7) is 0. The van der Waals surface area contributed by atoms with Gasteiger partial charge in [0.05, 0.1) is 24.3 Å². The topological polar surface area (TPSA) is 78.4 Å². The molecule has 0 unspecified atom stereocenters. The molecule has 3 rings (SSSR count). The molecule has 0 aliphatic heterocycles. The summed E-state index contributed by atoms with van der Waals surface area (Å²) in [7, 11) is 0. The average Bonchev–Trinajstić information content (AvgIpc) is 3.11. The van der Waals surface area contributed by atoms with Crippen molar-refractivity contribution in [2.75, 3.05) is 0 Å². The molecule has 1 aromatic heterocycles. The van der Waals surface area contributed by atoms with Gasteiger partial charge in [-0.2, -0.15) is 10.4 Å². The summed E-state index contributed by atoms with van der Waals surface area (Å²) in [6.07, 6.45) is 1.73. The number of nitrogens with zero attached hydrogens (tertiary/aromatic N) is 2. The molecule has 0 aliphatic carbocycles. The number of benzene rings is 2. The molecule has 122 valence electrons. The van der Waals surface area contributed by atoms with Crippen LogP contribution in [0.25, 0.3) is 11.3 Å². The summed E-state index contributed by atoms with van der Waals surface area (Å²) < 4.78 is 5.66. The van der Waals surface area contributed by atoms with Crippen LogP contribution >= 0.6 is 0 Å². The fourth-order valence-corrected chi connectivity index (χ4v) is 2.28. The number of carbonyl (C=O) groups is 1. The molecule has 0 spiro atoms. The van der Waals surface area contributed by atoms with Gasteiger partial charge >= 0.3 is 0 Å². The molecule has 0 atom stereocenters. The minimum atomic E-state index is -0.193. The van der Waals surface area contributed by atoms with E-state index in [2.05, 4.69) is 16.6 Å². The maximum atomic E-state index is 11.8. The number of nitriles is 1. The number of nitrogens with one attached hydrogen (secondary N) is 1. The highest BCUT2D eigenvalue weighted by atomic mass is 16.3. The molecule has 3 aromatic rings. The normalized spacial score (nSPS) is 10.5. The predicted octanol–water partition coefficient (Wildman–Crippen LogP) is 3.51. The monoisotopic (exact) mass is 329 g/mol. The van der Waals surface area contributed by atoms with Crippen LogP contribution in [-0.4, -0.2) is 12.1 Å². The Bertz CT molecular complexity index is 920. The number of hydrogen-bond acceptors (Lipinski definition) is 4. The molecule has 5 nitrogen and oxygen atoms in total. The number of hydrogen-bond donors (Lipinski definition) is 1. The van der Waals surface area contributed by atoms with E-state index < -0.39 is 0 Å². The Hall–Kier alpha value is -3.65. The van der Waals surface area contributed by atoms with E-state index in [4.69, 9.17) is 9.68 Å². The molecule has 0 aliphatic rings. The van der Waals surface area contributed by atoms with E-state index in [9.17, 15) is 4.79 Å². The first-order valence-corrected chi connectivity index (χ1v) is 7.71. The van der Waals surface area contributed by atoms with Crippen molar-refractivity contribution in [3.05, 3.63) is 83.6 Å². The molecule has 0 radical (unpaired) electrons. The van der Waals surface area contributed by atoms with E-state index in [0.29, 0.717) is 17.1 Å². The molecule has 5 heteroatoms. The van der Waals surface area contributed by atoms with E-state index in [1.165, 1.54) is 6.21 Å². The van der Waals surface area contributed by atoms with Gasteiger partial charge in [0.15, 0.2) is 0 Å². The molecule has 25 heavy (non-hydrogen) atoms.